The summed E-state index contributed by atoms with van der Waals surface area (Å²) in [4.78, 5) is 0. The molecule has 1 nitrogen and oxygen atoms in total. The fraction of sp³-hybridized carbons (Fsp3) is 0.111. The Kier molecular flexibility index (Phi) is 2.26. The monoisotopic (exact) mass is 152 g/mol. The van der Waals surface area contributed by atoms with Crippen molar-refractivity contribution in [2.24, 2.45) is 0 Å². The van der Waals surface area contributed by atoms with E-state index in [2.05, 4.69) is 6.58 Å². The van der Waals surface area contributed by atoms with Gasteiger partial charge in [0.15, 0.2) is 11.6 Å². The fourth-order valence-corrected chi connectivity index (χ4v) is 0.810. The summed E-state index contributed by atoms with van der Waals surface area (Å²) in [7, 11) is 1.44. The van der Waals surface area contributed by atoms with Crippen molar-refractivity contribution in [2.45, 2.75) is 0 Å². The van der Waals surface area contributed by atoms with E-state index in [0.29, 0.717) is 0 Å². The van der Waals surface area contributed by atoms with Crippen molar-refractivity contribution in [2.75, 3.05) is 7.11 Å². The van der Waals surface area contributed by atoms with Gasteiger partial charge in [-0.05, 0) is 17.7 Å². The second kappa shape index (κ2) is 3.19. The molecule has 11 heavy (non-hydrogen) atoms. The first-order chi connectivity index (χ1) is 5.27. The van der Waals surface area contributed by atoms with Gasteiger partial charge in [0, 0.05) is 0 Å². The maximum atomic E-state index is 12.9. The van der Waals surface area contributed by atoms with Gasteiger partial charge in [-0.15, -0.1) is 0 Å². The summed E-state index contributed by atoms with van der Waals surface area (Å²) in [6, 6.07) is 4.70. The summed E-state index contributed by atoms with van der Waals surface area (Å²) >= 11 is 0. The van der Waals surface area contributed by atoms with Crippen LogP contribution in [0.1, 0.15) is 5.56 Å². The standard InChI is InChI=1S/C9H9FO/c1-3-7-4-5-9(11-2)8(10)6-7/h3-6H,1H2,2H3. The lowest BCUT2D eigenvalue weighted by atomic mass is 10.2. The highest BCUT2D eigenvalue weighted by Gasteiger charge is 1.99. The zero-order valence-electron chi connectivity index (χ0n) is 6.30. The zero-order valence-corrected chi connectivity index (χ0v) is 6.30. The van der Waals surface area contributed by atoms with Gasteiger partial charge < -0.3 is 4.74 Å². The molecule has 58 valence electrons. The van der Waals surface area contributed by atoms with Crippen LogP contribution in [0.15, 0.2) is 24.8 Å². The molecular weight excluding hydrogens is 143 g/mol. The second-order valence-corrected chi connectivity index (χ2v) is 2.10. The van der Waals surface area contributed by atoms with Gasteiger partial charge in [-0.2, -0.15) is 0 Å². The number of hydrogen-bond donors (Lipinski definition) is 0. The van der Waals surface area contributed by atoms with Crippen LogP contribution in [-0.2, 0) is 0 Å². The van der Waals surface area contributed by atoms with E-state index in [0.717, 1.165) is 5.56 Å². The smallest absolute Gasteiger partial charge is 0.165 e. The zero-order chi connectivity index (χ0) is 8.27. The first-order valence-corrected chi connectivity index (χ1v) is 3.24. The number of halogens is 1. The molecule has 0 aliphatic rings. The van der Waals surface area contributed by atoms with E-state index in [-0.39, 0.29) is 11.6 Å². The van der Waals surface area contributed by atoms with E-state index in [9.17, 15) is 4.39 Å². The Hall–Kier alpha value is -1.31. The highest BCUT2D eigenvalue weighted by Crippen LogP contribution is 2.17. The molecule has 1 aromatic carbocycles. The molecule has 0 N–H and O–H groups in total. The van der Waals surface area contributed by atoms with Gasteiger partial charge in [0.1, 0.15) is 0 Å². The average Bonchev–Trinajstić information content (AvgIpc) is 2.04. The largest absolute Gasteiger partial charge is 0.494 e. The third-order valence-corrected chi connectivity index (χ3v) is 1.41. The highest BCUT2D eigenvalue weighted by molar-refractivity contribution is 5.48. The summed E-state index contributed by atoms with van der Waals surface area (Å²) in [6.45, 7) is 3.52. The van der Waals surface area contributed by atoms with Gasteiger partial charge in [0.05, 0.1) is 7.11 Å². The first kappa shape index (κ1) is 7.79. The van der Waals surface area contributed by atoms with Gasteiger partial charge in [0.25, 0.3) is 0 Å². The molecule has 0 saturated heterocycles. The predicted octanol–water partition coefficient (Wildman–Crippen LogP) is 2.48. The molecule has 0 unspecified atom stereocenters. The van der Waals surface area contributed by atoms with Gasteiger partial charge in [0.2, 0.25) is 0 Å². The molecule has 0 aliphatic carbocycles. The van der Waals surface area contributed by atoms with Gasteiger partial charge in [-0.1, -0.05) is 18.7 Å². The molecule has 1 aromatic rings. The predicted molar refractivity (Wildman–Crippen MR) is 43.0 cm³/mol. The van der Waals surface area contributed by atoms with Crippen molar-refractivity contribution in [3.05, 3.63) is 36.2 Å². The molecule has 0 atom stereocenters. The van der Waals surface area contributed by atoms with Crippen LogP contribution in [-0.4, -0.2) is 7.11 Å². The number of rotatable bonds is 2. The van der Waals surface area contributed by atoms with Crippen LogP contribution in [0, 0.1) is 5.82 Å². The van der Waals surface area contributed by atoms with Crippen molar-refractivity contribution < 1.29 is 9.13 Å². The summed E-state index contributed by atoms with van der Waals surface area (Å²) in [5.74, 6) is -0.0968. The summed E-state index contributed by atoms with van der Waals surface area (Å²) in [6.07, 6.45) is 1.59. The molecule has 0 aliphatic heterocycles. The van der Waals surface area contributed by atoms with E-state index in [4.69, 9.17) is 4.74 Å². The first-order valence-electron chi connectivity index (χ1n) is 3.24. The summed E-state index contributed by atoms with van der Waals surface area (Å²) < 4.78 is 17.6. The fourth-order valence-electron chi connectivity index (χ4n) is 0.810. The van der Waals surface area contributed by atoms with Crippen molar-refractivity contribution in [1.29, 1.82) is 0 Å². The lowest BCUT2D eigenvalue weighted by Crippen LogP contribution is -1.87. The Morgan fingerprint density at radius 2 is 2.27 bits per heavy atom. The molecule has 2 heteroatoms. The number of hydrogen-bond acceptors (Lipinski definition) is 1. The molecule has 0 heterocycles. The van der Waals surface area contributed by atoms with Crippen LogP contribution < -0.4 is 4.74 Å². The summed E-state index contributed by atoms with van der Waals surface area (Å²) in [5.41, 5.74) is 0.753. The molecule has 0 spiro atoms. The molecule has 0 aromatic heterocycles. The van der Waals surface area contributed by atoms with Crippen LogP contribution in [0.3, 0.4) is 0 Å². The van der Waals surface area contributed by atoms with E-state index in [1.165, 1.54) is 13.2 Å². The van der Waals surface area contributed by atoms with Gasteiger partial charge in [-0.3, -0.25) is 0 Å². The van der Waals surface area contributed by atoms with Crippen LogP contribution in [0.25, 0.3) is 6.08 Å². The third-order valence-electron chi connectivity index (χ3n) is 1.41. The molecule has 0 bridgehead atoms. The Bertz CT molecular complexity index is 268. The number of ether oxygens (including phenoxy) is 1. The van der Waals surface area contributed by atoms with Crippen molar-refractivity contribution in [3.63, 3.8) is 0 Å². The van der Waals surface area contributed by atoms with Crippen LogP contribution in [0.2, 0.25) is 0 Å². The summed E-state index contributed by atoms with van der Waals surface area (Å²) in [5, 5.41) is 0. The van der Waals surface area contributed by atoms with E-state index in [1.807, 2.05) is 0 Å². The minimum Gasteiger partial charge on any atom is -0.494 e. The highest BCUT2D eigenvalue weighted by atomic mass is 19.1. The van der Waals surface area contributed by atoms with Crippen molar-refractivity contribution >= 4 is 6.08 Å². The lowest BCUT2D eigenvalue weighted by molar-refractivity contribution is 0.386. The molecule has 0 amide bonds. The van der Waals surface area contributed by atoms with Crippen molar-refractivity contribution in [3.8, 4) is 5.75 Å². The molecule has 1 rings (SSSR count). The van der Waals surface area contributed by atoms with E-state index >= 15 is 0 Å². The topological polar surface area (TPSA) is 9.23 Å². The Morgan fingerprint density at radius 3 is 2.73 bits per heavy atom. The molecular formula is C9H9FO. The normalized spacial score (nSPS) is 9.27. The lowest BCUT2D eigenvalue weighted by Gasteiger charge is -2.00. The van der Waals surface area contributed by atoms with Crippen molar-refractivity contribution in [1.82, 2.24) is 0 Å². The average molecular weight is 152 g/mol. The maximum Gasteiger partial charge on any atom is 0.165 e. The number of benzene rings is 1. The van der Waals surface area contributed by atoms with Crippen LogP contribution in [0.5, 0.6) is 5.75 Å². The Balaban J connectivity index is 3.09. The quantitative estimate of drug-likeness (QED) is 0.632. The molecule has 0 radical (unpaired) electrons. The Labute approximate surface area is 65.1 Å². The SMILES string of the molecule is C=Cc1ccc(OC)c(F)c1. The van der Waals surface area contributed by atoms with E-state index in [1.54, 1.807) is 18.2 Å². The van der Waals surface area contributed by atoms with Crippen LogP contribution in [0.4, 0.5) is 4.39 Å². The second-order valence-electron chi connectivity index (χ2n) is 2.10. The number of methoxy groups -OCH3 is 1. The minimum atomic E-state index is -0.357. The van der Waals surface area contributed by atoms with Crippen LogP contribution >= 0.6 is 0 Å². The van der Waals surface area contributed by atoms with Gasteiger partial charge >= 0.3 is 0 Å². The minimum absolute atomic E-state index is 0.260. The maximum absolute atomic E-state index is 12.9. The van der Waals surface area contributed by atoms with Gasteiger partial charge in [-0.25, -0.2) is 4.39 Å². The Morgan fingerprint density at radius 1 is 1.55 bits per heavy atom. The molecule has 0 saturated carbocycles. The third kappa shape index (κ3) is 1.58. The molecule has 0 fully saturated rings. The van der Waals surface area contributed by atoms with E-state index < -0.39 is 0 Å².